The smallest absolute Gasteiger partial charge is 0.433 e. The minimum atomic E-state index is -4.66. The number of halogens is 3. The minimum Gasteiger partial charge on any atom is -0.478 e. The molecule has 2 aromatic heterocycles. The van der Waals surface area contributed by atoms with Crippen LogP contribution >= 0.6 is 0 Å². The van der Waals surface area contributed by atoms with Gasteiger partial charge in [0.2, 0.25) is 0 Å². The first kappa shape index (κ1) is 20.3. The van der Waals surface area contributed by atoms with Gasteiger partial charge in [0, 0.05) is 5.56 Å². The predicted octanol–water partition coefficient (Wildman–Crippen LogP) is 6.10. The molecule has 4 rings (SSSR count). The van der Waals surface area contributed by atoms with E-state index < -0.39 is 17.8 Å². The van der Waals surface area contributed by atoms with E-state index in [1.807, 2.05) is 0 Å². The largest absolute Gasteiger partial charge is 0.478 e. The SMILES string of the molecule is Cc1ccc(-c2cccc(-c3nc(-c4ccco4)cc(C(F)(F)F)n3)c2)cc1C(=O)O. The van der Waals surface area contributed by atoms with Crippen LogP contribution in [-0.4, -0.2) is 21.0 Å². The highest BCUT2D eigenvalue weighted by Crippen LogP contribution is 2.33. The summed E-state index contributed by atoms with van der Waals surface area (Å²) in [4.78, 5) is 19.4. The van der Waals surface area contributed by atoms with E-state index in [-0.39, 0.29) is 22.8 Å². The fraction of sp³-hybridized carbons (Fsp3) is 0.0870. The van der Waals surface area contributed by atoms with E-state index in [1.165, 1.54) is 18.4 Å². The van der Waals surface area contributed by atoms with Crippen LogP contribution in [0.4, 0.5) is 13.2 Å². The van der Waals surface area contributed by atoms with Gasteiger partial charge in [-0.1, -0.05) is 30.3 Å². The fourth-order valence-corrected chi connectivity index (χ4v) is 3.14. The van der Waals surface area contributed by atoms with Crippen molar-refractivity contribution in [3.05, 3.63) is 83.7 Å². The molecule has 0 saturated heterocycles. The molecule has 0 fully saturated rings. The van der Waals surface area contributed by atoms with Gasteiger partial charge in [0.05, 0.1) is 11.8 Å². The number of hydrogen-bond acceptors (Lipinski definition) is 4. The molecule has 0 saturated carbocycles. The van der Waals surface area contributed by atoms with Gasteiger partial charge in [-0.25, -0.2) is 14.8 Å². The summed E-state index contributed by atoms with van der Waals surface area (Å²) in [6, 6.07) is 15.5. The highest BCUT2D eigenvalue weighted by molar-refractivity contribution is 5.91. The molecular formula is C23H15F3N2O3. The first-order valence-corrected chi connectivity index (χ1v) is 9.17. The van der Waals surface area contributed by atoms with E-state index in [2.05, 4.69) is 9.97 Å². The summed E-state index contributed by atoms with van der Waals surface area (Å²) in [6.45, 7) is 1.69. The van der Waals surface area contributed by atoms with E-state index >= 15 is 0 Å². The summed E-state index contributed by atoms with van der Waals surface area (Å²) in [5.74, 6) is -0.983. The van der Waals surface area contributed by atoms with Gasteiger partial charge in [-0.3, -0.25) is 0 Å². The Kier molecular flexibility index (Phi) is 5.06. The first-order valence-electron chi connectivity index (χ1n) is 9.17. The monoisotopic (exact) mass is 424 g/mol. The molecule has 31 heavy (non-hydrogen) atoms. The highest BCUT2D eigenvalue weighted by atomic mass is 19.4. The van der Waals surface area contributed by atoms with Gasteiger partial charge in [-0.05, 0) is 53.9 Å². The zero-order chi connectivity index (χ0) is 22.2. The molecule has 0 aliphatic carbocycles. The number of aryl methyl sites for hydroxylation is 1. The molecule has 156 valence electrons. The molecule has 4 aromatic rings. The maximum absolute atomic E-state index is 13.4. The number of alkyl halides is 3. The van der Waals surface area contributed by atoms with Gasteiger partial charge in [-0.2, -0.15) is 13.2 Å². The lowest BCUT2D eigenvalue weighted by Crippen LogP contribution is -2.10. The number of carbonyl (C=O) groups is 1. The molecule has 0 aliphatic rings. The summed E-state index contributed by atoms with van der Waals surface area (Å²) in [5.41, 5.74) is 1.28. The van der Waals surface area contributed by atoms with Crippen molar-refractivity contribution in [1.29, 1.82) is 0 Å². The third-order valence-corrected chi connectivity index (χ3v) is 4.71. The second-order valence-electron chi connectivity index (χ2n) is 6.85. The lowest BCUT2D eigenvalue weighted by molar-refractivity contribution is -0.141. The van der Waals surface area contributed by atoms with E-state index in [9.17, 15) is 23.1 Å². The topological polar surface area (TPSA) is 76.2 Å². The van der Waals surface area contributed by atoms with Crippen LogP contribution in [0.5, 0.6) is 0 Å². The minimum absolute atomic E-state index is 0.0104. The van der Waals surface area contributed by atoms with Crippen LogP contribution in [0.25, 0.3) is 34.0 Å². The average Bonchev–Trinajstić information content (AvgIpc) is 3.28. The Balaban J connectivity index is 1.84. The van der Waals surface area contributed by atoms with Gasteiger partial charge >= 0.3 is 12.1 Å². The van der Waals surface area contributed by atoms with Crippen LogP contribution in [0, 0.1) is 6.92 Å². The molecule has 5 nitrogen and oxygen atoms in total. The Morgan fingerprint density at radius 2 is 1.68 bits per heavy atom. The summed E-state index contributed by atoms with van der Waals surface area (Å²) in [5, 5.41) is 9.36. The quantitative estimate of drug-likeness (QED) is 0.429. The van der Waals surface area contributed by atoms with Crippen molar-refractivity contribution in [2.45, 2.75) is 13.1 Å². The molecule has 1 N–H and O–H groups in total. The summed E-state index contributed by atoms with van der Waals surface area (Å²) >= 11 is 0. The van der Waals surface area contributed by atoms with Crippen molar-refractivity contribution in [2.75, 3.05) is 0 Å². The molecule has 0 spiro atoms. The Morgan fingerprint density at radius 3 is 2.35 bits per heavy atom. The molecule has 2 aromatic carbocycles. The van der Waals surface area contributed by atoms with Crippen molar-refractivity contribution < 1.29 is 27.5 Å². The molecular weight excluding hydrogens is 409 g/mol. The summed E-state index contributed by atoms with van der Waals surface area (Å²) < 4.78 is 45.5. The summed E-state index contributed by atoms with van der Waals surface area (Å²) in [7, 11) is 0. The molecule has 8 heteroatoms. The van der Waals surface area contributed by atoms with E-state index in [0.29, 0.717) is 22.3 Å². The van der Waals surface area contributed by atoms with Crippen LogP contribution in [0.3, 0.4) is 0 Å². The molecule has 2 heterocycles. The van der Waals surface area contributed by atoms with Gasteiger partial charge in [-0.15, -0.1) is 0 Å². The number of benzene rings is 2. The van der Waals surface area contributed by atoms with E-state index in [1.54, 1.807) is 49.4 Å². The summed E-state index contributed by atoms with van der Waals surface area (Å²) in [6.07, 6.45) is -3.31. The second-order valence-corrected chi connectivity index (χ2v) is 6.85. The number of aromatic nitrogens is 2. The fourth-order valence-electron chi connectivity index (χ4n) is 3.14. The molecule has 0 bridgehead atoms. The van der Waals surface area contributed by atoms with Gasteiger partial charge < -0.3 is 9.52 Å². The van der Waals surface area contributed by atoms with Gasteiger partial charge in [0.15, 0.2) is 11.6 Å². The zero-order valence-electron chi connectivity index (χ0n) is 16.1. The maximum Gasteiger partial charge on any atom is 0.433 e. The third kappa shape index (κ3) is 4.18. The number of carboxylic acid groups (broad SMARTS) is 1. The highest BCUT2D eigenvalue weighted by Gasteiger charge is 2.34. The van der Waals surface area contributed by atoms with Crippen molar-refractivity contribution in [1.82, 2.24) is 9.97 Å². The van der Waals surface area contributed by atoms with Crippen LogP contribution in [0.1, 0.15) is 21.6 Å². The third-order valence-electron chi connectivity index (χ3n) is 4.71. The first-order chi connectivity index (χ1) is 14.7. The van der Waals surface area contributed by atoms with Crippen molar-refractivity contribution in [3.8, 4) is 34.0 Å². The van der Waals surface area contributed by atoms with Crippen molar-refractivity contribution >= 4 is 5.97 Å². The Bertz CT molecular complexity index is 1270. The molecule has 0 aliphatic heterocycles. The average molecular weight is 424 g/mol. The van der Waals surface area contributed by atoms with E-state index in [0.717, 1.165) is 6.07 Å². The van der Waals surface area contributed by atoms with Crippen LogP contribution in [0.15, 0.2) is 71.3 Å². The van der Waals surface area contributed by atoms with Gasteiger partial charge in [0.25, 0.3) is 0 Å². The second kappa shape index (κ2) is 7.71. The number of nitrogens with zero attached hydrogens (tertiary/aromatic N) is 2. The normalized spacial score (nSPS) is 11.5. The Hall–Kier alpha value is -3.94. The predicted molar refractivity (Wildman–Crippen MR) is 107 cm³/mol. The lowest BCUT2D eigenvalue weighted by Gasteiger charge is -2.11. The number of hydrogen-bond donors (Lipinski definition) is 1. The lowest BCUT2D eigenvalue weighted by atomic mass is 9.98. The van der Waals surface area contributed by atoms with Crippen molar-refractivity contribution in [2.24, 2.45) is 0 Å². The number of carboxylic acids is 1. The number of rotatable bonds is 4. The molecule has 0 amide bonds. The van der Waals surface area contributed by atoms with Crippen LogP contribution < -0.4 is 0 Å². The van der Waals surface area contributed by atoms with Gasteiger partial charge in [0.1, 0.15) is 11.4 Å². The molecule has 0 radical (unpaired) electrons. The number of furan rings is 1. The standard InChI is InChI=1S/C23H15F3N2O3/c1-13-7-8-15(11-17(13)22(29)30)14-4-2-5-16(10-14)21-27-18(19-6-3-9-31-19)12-20(28-21)23(24,25)26/h2-12H,1H3,(H,29,30). The van der Waals surface area contributed by atoms with Crippen LogP contribution in [0.2, 0.25) is 0 Å². The van der Waals surface area contributed by atoms with Crippen molar-refractivity contribution in [3.63, 3.8) is 0 Å². The van der Waals surface area contributed by atoms with Crippen LogP contribution in [-0.2, 0) is 6.18 Å². The van der Waals surface area contributed by atoms with E-state index in [4.69, 9.17) is 4.42 Å². The zero-order valence-corrected chi connectivity index (χ0v) is 16.1. The maximum atomic E-state index is 13.4. The molecule has 0 atom stereocenters. The Labute approximate surface area is 174 Å². The number of aromatic carboxylic acids is 1. The molecule has 0 unspecified atom stereocenters. The Morgan fingerprint density at radius 1 is 0.935 bits per heavy atom.